The number of fused-ring (bicyclic) bond motifs is 1. The number of carbonyl (C=O) groups is 3. The summed E-state index contributed by atoms with van der Waals surface area (Å²) in [4.78, 5) is 43.7. The summed E-state index contributed by atoms with van der Waals surface area (Å²) in [5.41, 5.74) is 2.53. The molecule has 1 aliphatic rings. The standard InChI is InChI=1S/C22H23N5O4/c1-13-19-15(11-16(25-22(19)31-26-13)14-7-4-3-5-8-14)20(29)24-12-18(28)27-10-6-9-17(27)21(30)23-2/h3-5,7-8,11,17H,6,9-10,12H2,1-2H3,(H,23,30)(H,24,29). The molecule has 0 aliphatic carbocycles. The van der Waals surface area contributed by atoms with Crippen molar-refractivity contribution >= 4 is 28.8 Å². The average Bonchev–Trinajstić information content (AvgIpc) is 3.44. The second-order valence-corrected chi connectivity index (χ2v) is 7.41. The Morgan fingerprint density at radius 3 is 2.74 bits per heavy atom. The highest BCUT2D eigenvalue weighted by Gasteiger charge is 2.33. The van der Waals surface area contributed by atoms with E-state index < -0.39 is 11.9 Å². The lowest BCUT2D eigenvalue weighted by molar-refractivity contribution is -0.137. The van der Waals surface area contributed by atoms with Crippen LogP contribution in [0.2, 0.25) is 0 Å². The van der Waals surface area contributed by atoms with Crippen molar-refractivity contribution < 1.29 is 18.9 Å². The molecule has 1 atom stereocenters. The second kappa shape index (κ2) is 8.55. The van der Waals surface area contributed by atoms with E-state index in [0.717, 1.165) is 12.0 Å². The van der Waals surface area contributed by atoms with E-state index in [2.05, 4.69) is 20.8 Å². The van der Waals surface area contributed by atoms with Gasteiger partial charge in [0.25, 0.3) is 11.6 Å². The maximum atomic E-state index is 13.0. The van der Waals surface area contributed by atoms with Crippen LogP contribution in [0.15, 0.2) is 40.9 Å². The number of nitrogens with one attached hydrogen (secondary N) is 2. The monoisotopic (exact) mass is 421 g/mol. The summed E-state index contributed by atoms with van der Waals surface area (Å²) < 4.78 is 5.30. The Labute approximate surface area is 178 Å². The Morgan fingerprint density at radius 1 is 1.23 bits per heavy atom. The van der Waals surface area contributed by atoms with Gasteiger partial charge in [0.2, 0.25) is 11.8 Å². The maximum Gasteiger partial charge on any atom is 0.259 e. The fraction of sp³-hybridized carbons (Fsp3) is 0.318. The number of hydrogen-bond acceptors (Lipinski definition) is 6. The van der Waals surface area contributed by atoms with Crippen LogP contribution in [0.5, 0.6) is 0 Å². The minimum Gasteiger partial charge on any atom is -0.357 e. The maximum absolute atomic E-state index is 13.0. The van der Waals surface area contributed by atoms with Gasteiger partial charge in [0.1, 0.15) is 6.04 Å². The topological polar surface area (TPSA) is 117 Å². The van der Waals surface area contributed by atoms with Crippen molar-refractivity contribution in [2.45, 2.75) is 25.8 Å². The van der Waals surface area contributed by atoms with Gasteiger partial charge in [-0.15, -0.1) is 0 Å². The van der Waals surface area contributed by atoms with Gasteiger partial charge in [-0.05, 0) is 25.8 Å². The van der Waals surface area contributed by atoms with Gasteiger partial charge in [-0.3, -0.25) is 14.4 Å². The molecule has 0 radical (unpaired) electrons. The molecule has 1 aromatic carbocycles. The lowest BCUT2D eigenvalue weighted by Crippen LogP contribution is -2.48. The molecule has 3 aromatic rings. The van der Waals surface area contributed by atoms with Crippen molar-refractivity contribution in [1.29, 1.82) is 0 Å². The van der Waals surface area contributed by atoms with Crippen LogP contribution in [-0.2, 0) is 9.59 Å². The lowest BCUT2D eigenvalue weighted by Gasteiger charge is -2.23. The molecular weight excluding hydrogens is 398 g/mol. The SMILES string of the molecule is CNC(=O)C1CCCN1C(=O)CNC(=O)c1cc(-c2ccccc2)nc2onc(C)c12. The normalized spacial score (nSPS) is 15.8. The van der Waals surface area contributed by atoms with Gasteiger partial charge in [0, 0.05) is 19.2 Å². The Kier molecular flexibility index (Phi) is 5.66. The summed E-state index contributed by atoms with van der Waals surface area (Å²) in [5, 5.41) is 9.71. The van der Waals surface area contributed by atoms with Crippen molar-refractivity contribution in [2.75, 3.05) is 20.1 Å². The second-order valence-electron chi connectivity index (χ2n) is 7.41. The summed E-state index contributed by atoms with van der Waals surface area (Å²) in [6, 6.07) is 10.6. The number of pyridine rings is 1. The van der Waals surface area contributed by atoms with Crippen molar-refractivity contribution in [3.8, 4) is 11.3 Å². The first-order chi connectivity index (χ1) is 15.0. The smallest absolute Gasteiger partial charge is 0.259 e. The number of likely N-dealkylation sites (N-methyl/N-ethyl adjacent to an activating group) is 1. The molecule has 3 heterocycles. The summed E-state index contributed by atoms with van der Waals surface area (Å²) in [7, 11) is 1.55. The van der Waals surface area contributed by atoms with Crippen LogP contribution in [-0.4, -0.2) is 58.9 Å². The lowest BCUT2D eigenvalue weighted by atomic mass is 10.1. The number of amides is 3. The van der Waals surface area contributed by atoms with Gasteiger partial charge < -0.3 is 20.1 Å². The first kappa shape index (κ1) is 20.5. The molecule has 31 heavy (non-hydrogen) atoms. The largest absolute Gasteiger partial charge is 0.357 e. The van der Waals surface area contributed by atoms with Gasteiger partial charge in [0.15, 0.2) is 0 Å². The summed E-state index contributed by atoms with van der Waals surface area (Å²) in [5.74, 6) is -0.921. The van der Waals surface area contributed by atoms with E-state index in [4.69, 9.17) is 4.52 Å². The van der Waals surface area contributed by atoms with Gasteiger partial charge in [-0.1, -0.05) is 35.5 Å². The van der Waals surface area contributed by atoms with Crippen molar-refractivity contribution in [2.24, 2.45) is 0 Å². The first-order valence-corrected chi connectivity index (χ1v) is 10.1. The Bertz CT molecular complexity index is 1140. The first-order valence-electron chi connectivity index (χ1n) is 10.1. The van der Waals surface area contributed by atoms with Crippen LogP contribution in [0.4, 0.5) is 0 Å². The van der Waals surface area contributed by atoms with Crippen molar-refractivity contribution in [3.05, 3.63) is 47.7 Å². The van der Waals surface area contributed by atoms with E-state index in [-0.39, 0.29) is 24.1 Å². The zero-order chi connectivity index (χ0) is 22.0. The Morgan fingerprint density at radius 2 is 2.00 bits per heavy atom. The van der Waals surface area contributed by atoms with Crippen LogP contribution in [0.25, 0.3) is 22.4 Å². The number of benzene rings is 1. The number of hydrogen-bond donors (Lipinski definition) is 2. The Balaban J connectivity index is 1.57. The molecule has 9 heteroatoms. The van der Waals surface area contributed by atoms with E-state index in [1.165, 1.54) is 4.90 Å². The van der Waals surface area contributed by atoms with E-state index in [0.29, 0.717) is 35.3 Å². The van der Waals surface area contributed by atoms with Gasteiger partial charge in [0.05, 0.1) is 28.9 Å². The fourth-order valence-electron chi connectivity index (χ4n) is 3.89. The quantitative estimate of drug-likeness (QED) is 0.647. The van der Waals surface area contributed by atoms with Gasteiger partial charge in [-0.25, -0.2) is 4.98 Å². The van der Waals surface area contributed by atoms with Crippen LogP contribution in [0, 0.1) is 6.92 Å². The molecular formula is C22H23N5O4. The van der Waals surface area contributed by atoms with E-state index in [1.807, 2.05) is 30.3 Å². The van der Waals surface area contributed by atoms with Crippen LogP contribution < -0.4 is 10.6 Å². The van der Waals surface area contributed by atoms with E-state index >= 15 is 0 Å². The van der Waals surface area contributed by atoms with Crippen LogP contribution in [0.3, 0.4) is 0 Å². The van der Waals surface area contributed by atoms with Crippen LogP contribution >= 0.6 is 0 Å². The van der Waals surface area contributed by atoms with Crippen molar-refractivity contribution in [3.63, 3.8) is 0 Å². The number of aromatic nitrogens is 2. The third-order valence-electron chi connectivity index (χ3n) is 5.45. The predicted octanol–water partition coefficient (Wildman–Crippen LogP) is 1.67. The molecule has 1 saturated heterocycles. The third-order valence-corrected chi connectivity index (χ3v) is 5.45. The van der Waals surface area contributed by atoms with Crippen LogP contribution in [0.1, 0.15) is 28.9 Å². The number of likely N-dealkylation sites (tertiary alicyclic amines) is 1. The highest BCUT2D eigenvalue weighted by atomic mass is 16.5. The highest BCUT2D eigenvalue weighted by Crippen LogP contribution is 2.27. The molecule has 1 aliphatic heterocycles. The molecule has 3 amide bonds. The number of nitrogens with zero attached hydrogens (tertiary/aromatic N) is 3. The number of aryl methyl sites for hydroxylation is 1. The van der Waals surface area contributed by atoms with Gasteiger partial charge >= 0.3 is 0 Å². The molecule has 4 rings (SSSR count). The molecule has 9 nitrogen and oxygen atoms in total. The predicted molar refractivity (Wildman–Crippen MR) is 113 cm³/mol. The molecule has 160 valence electrons. The molecule has 0 spiro atoms. The molecule has 1 fully saturated rings. The molecule has 1 unspecified atom stereocenters. The fourth-order valence-corrected chi connectivity index (χ4v) is 3.89. The van der Waals surface area contributed by atoms with E-state index in [9.17, 15) is 14.4 Å². The molecule has 2 aromatic heterocycles. The number of rotatable bonds is 5. The van der Waals surface area contributed by atoms with Crippen molar-refractivity contribution in [1.82, 2.24) is 25.7 Å². The summed E-state index contributed by atoms with van der Waals surface area (Å²) in [6.07, 6.45) is 1.37. The van der Waals surface area contributed by atoms with Gasteiger partial charge in [-0.2, -0.15) is 0 Å². The molecule has 2 N–H and O–H groups in total. The minimum absolute atomic E-state index is 0.194. The minimum atomic E-state index is -0.493. The average molecular weight is 421 g/mol. The Hall–Kier alpha value is -3.75. The third kappa shape index (κ3) is 3.98. The molecule has 0 bridgehead atoms. The highest BCUT2D eigenvalue weighted by molar-refractivity contribution is 6.07. The summed E-state index contributed by atoms with van der Waals surface area (Å²) >= 11 is 0. The summed E-state index contributed by atoms with van der Waals surface area (Å²) in [6.45, 7) is 2.02. The van der Waals surface area contributed by atoms with E-state index in [1.54, 1.807) is 20.0 Å². The zero-order valence-electron chi connectivity index (χ0n) is 17.3. The molecule has 0 saturated carbocycles. The number of carbonyl (C=O) groups excluding carboxylic acids is 3. The zero-order valence-corrected chi connectivity index (χ0v) is 17.3.